The molecule has 112 valence electrons. The van der Waals surface area contributed by atoms with E-state index in [-0.39, 0.29) is 21.9 Å². The number of rotatable bonds is 4. The Morgan fingerprint density at radius 1 is 1.05 bits per heavy atom. The molecule has 2 rings (SSSR count). The van der Waals surface area contributed by atoms with Crippen LogP contribution in [0.25, 0.3) is 0 Å². The molecule has 0 aliphatic rings. The van der Waals surface area contributed by atoms with Crippen LogP contribution in [0.15, 0.2) is 30.3 Å². The number of ether oxygens (including phenoxy) is 2. The Morgan fingerprint density at radius 3 is 2.38 bits per heavy atom. The van der Waals surface area contributed by atoms with Gasteiger partial charge in [0.15, 0.2) is 11.6 Å². The van der Waals surface area contributed by atoms with Crippen LogP contribution in [0.4, 0.5) is 8.78 Å². The number of methoxy groups -OCH3 is 2. The first kappa shape index (κ1) is 15.5. The van der Waals surface area contributed by atoms with Crippen molar-refractivity contribution in [1.82, 2.24) is 0 Å². The van der Waals surface area contributed by atoms with Gasteiger partial charge in [-0.15, -0.1) is 0 Å². The third-order valence-electron chi connectivity index (χ3n) is 3.09. The Bertz CT molecular complexity index is 662. The van der Waals surface area contributed by atoms with Crippen molar-refractivity contribution in [2.45, 2.75) is 6.10 Å². The predicted octanol–water partition coefficient (Wildman–Crippen LogP) is 3.72. The lowest BCUT2D eigenvalue weighted by Gasteiger charge is -2.18. The summed E-state index contributed by atoms with van der Waals surface area (Å²) in [6.45, 7) is 0. The summed E-state index contributed by atoms with van der Waals surface area (Å²) in [7, 11) is 2.79. The summed E-state index contributed by atoms with van der Waals surface area (Å²) < 4.78 is 37.2. The van der Waals surface area contributed by atoms with Crippen LogP contribution in [-0.2, 0) is 0 Å². The van der Waals surface area contributed by atoms with Gasteiger partial charge in [0.2, 0.25) is 0 Å². The van der Waals surface area contributed by atoms with E-state index in [4.69, 9.17) is 21.1 Å². The number of hydrogen-bond donors (Lipinski definition) is 1. The van der Waals surface area contributed by atoms with E-state index in [1.807, 2.05) is 0 Å². The fourth-order valence-electron chi connectivity index (χ4n) is 2.03. The van der Waals surface area contributed by atoms with Crippen LogP contribution < -0.4 is 9.47 Å². The highest BCUT2D eigenvalue weighted by Crippen LogP contribution is 2.41. The van der Waals surface area contributed by atoms with Crippen LogP contribution in [0, 0.1) is 11.6 Å². The molecule has 0 aromatic heterocycles. The molecule has 0 aliphatic heterocycles. The predicted molar refractivity (Wildman–Crippen MR) is 75.0 cm³/mol. The monoisotopic (exact) mass is 314 g/mol. The van der Waals surface area contributed by atoms with Crippen LogP contribution in [0.5, 0.6) is 11.5 Å². The zero-order valence-corrected chi connectivity index (χ0v) is 12.1. The highest BCUT2D eigenvalue weighted by atomic mass is 35.5. The first-order chi connectivity index (χ1) is 10.0. The van der Waals surface area contributed by atoms with Crippen molar-refractivity contribution in [3.63, 3.8) is 0 Å². The number of aliphatic hydroxyl groups excluding tert-OH is 1. The molecule has 0 aliphatic carbocycles. The minimum Gasteiger partial charge on any atom is -0.495 e. The second-order valence-electron chi connectivity index (χ2n) is 4.25. The fourth-order valence-corrected chi connectivity index (χ4v) is 2.36. The van der Waals surface area contributed by atoms with Gasteiger partial charge in [-0.25, -0.2) is 8.78 Å². The third kappa shape index (κ3) is 2.80. The van der Waals surface area contributed by atoms with Gasteiger partial charge in [-0.1, -0.05) is 23.7 Å². The van der Waals surface area contributed by atoms with E-state index in [0.717, 1.165) is 6.07 Å². The molecule has 1 N–H and O–H groups in total. The van der Waals surface area contributed by atoms with Crippen LogP contribution in [0.1, 0.15) is 17.2 Å². The van der Waals surface area contributed by atoms with Crippen LogP contribution in [-0.4, -0.2) is 19.3 Å². The fraction of sp³-hybridized carbons (Fsp3) is 0.200. The average molecular weight is 315 g/mol. The Hall–Kier alpha value is -1.85. The van der Waals surface area contributed by atoms with E-state index in [1.165, 1.54) is 38.5 Å². The standard InChI is InChI=1S/C15H13ClF2O3/c1-20-11-7-6-9(15(21-2)12(11)16)14(19)8-4-3-5-10(17)13(8)18/h3-7,14,19H,1-2H3. The molecule has 0 saturated heterocycles. The summed E-state index contributed by atoms with van der Waals surface area (Å²) in [6, 6.07) is 6.58. The summed E-state index contributed by atoms with van der Waals surface area (Å²) in [5, 5.41) is 10.5. The lowest BCUT2D eigenvalue weighted by atomic mass is 9.99. The first-order valence-corrected chi connectivity index (χ1v) is 6.41. The molecule has 2 aromatic rings. The van der Waals surface area contributed by atoms with Gasteiger partial charge in [-0.05, 0) is 18.2 Å². The van der Waals surface area contributed by atoms with Crippen molar-refractivity contribution < 1.29 is 23.4 Å². The molecule has 1 atom stereocenters. The largest absolute Gasteiger partial charge is 0.495 e. The van der Waals surface area contributed by atoms with E-state index in [9.17, 15) is 13.9 Å². The molecule has 0 amide bonds. The van der Waals surface area contributed by atoms with Crippen molar-refractivity contribution in [2.24, 2.45) is 0 Å². The quantitative estimate of drug-likeness (QED) is 0.935. The van der Waals surface area contributed by atoms with Crippen molar-refractivity contribution in [3.8, 4) is 11.5 Å². The van der Waals surface area contributed by atoms with Gasteiger partial charge >= 0.3 is 0 Å². The van der Waals surface area contributed by atoms with Crippen molar-refractivity contribution >= 4 is 11.6 Å². The Morgan fingerprint density at radius 2 is 1.76 bits per heavy atom. The maximum atomic E-state index is 13.8. The van der Waals surface area contributed by atoms with Gasteiger partial charge in [-0.2, -0.15) is 0 Å². The normalized spacial score (nSPS) is 12.1. The molecular formula is C15H13ClF2O3. The van der Waals surface area contributed by atoms with Gasteiger partial charge in [0.25, 0.3) is 0 Å². The van der Waals surface area contributed by atoms with Gasteiger partial charge in [-0.3, -0.25) is 0 Å². The smallest absolute Gasteiger partial charge is 0.164 e. The maximum absolute atomic E-state index is 13.8. The molecule has 1 unspecified atom stereocenters. The number of halogens is 3. The molecule has 0 radical (unpaired) electrons. The molecule has 21 heavy (non-hydrogen) atoms. The summed E-state index contributed by atoms with van der Waals surface area (Å²) in [5.74, 6) is -1.65. The molecule has 0 saturated carbocycles. The third-order valence-corrected chi connectivity index (χ3v) is 3.44. The Kier molecular flexibility index (Phi) is 4.65. The summed E-state index contributed by atoms with van der Waals surface area (Å²) in [4.78, 5) is 0. The van der Waals surface area contributed by atoms with Gasteiger partial charge in [0, 0.05) is 11.1 Å². The minimum absolute atomic E-state index is 0.146. The SMILES string of the molecule is COc1ccc(C(O)c2cccc(F)c2F)c(OC)c1Cl. The maximum Gasteiger partial charge on any atom is 0.164 e. The number of hydrogen-bond acceptors (Lipinski definition) is 3. The molecule has 0 bridgehead atoms. The second-order valence-corrected chi connectivity index (χ2v) is 4.63. The van der Waals surface area contributed by atoms with Crippen molar-refractivity contribution in [1.29, 1.82) is 0 Å². The van der Waals surface area contributed by atoms with E-state index in [1.54, 1.807) is 0 Å². The summed E-state index contributed by atoms with van der Waals surface area (Å²) in [5.41, 5.74) is 0.0160. The molecule has 0 fully saturated rings. The lowest BCUT2D eigenvalue weighted by Crippen LogP contribution is -2.06. The topological polar surface area (TPSA) is 38.7 Å². The van der Waals surface area contributed by atoms with Gasteiger partial charge in [0.1, 0.15) is 22.6 Å². The summed E-state index contributed by atoms with van der Waals surface area (Å²) in [6.07, 6.45) is -1.42. The number of benzene rings is 2. The van der Waals surface area contributed by atoms with Gasteiger partial charge in [0.05, 0.1) is 14.2 Å². The molecule has 2 aromatic carbocycles. The molecule has 3 nitrogen and oxygen atoms in total. The Labute approximate surface area is 125 Å². The lowest BCUT2D eigenvalue weighted by molar-refractivity contribution is 0.208. The number of aliphatic hydroxyl groups is 1. The van der Waals surface area contributed by atoms with Crippen LogP contribution in [0.2, 0.25) is 5.02 Å². The van der Waals surface area contributed by atoms with E-state index < -0.39 is 17.7 Å². The van der Waals surface area contributed by atoms with E-state index >= 15 is 0 Å². The van der Waals surface area contributed by atoms with Crippen LogP contribution >= 0.6 is 11.6 Å². The zero-order chi connectivity index (χ0) is 15.6. The van der Waals surface area contributed by atoms with Crippen molar-refractivity contribution in [2.75, 3.05) is 14.2 Å². The molecular weight excluding hydrogens is 302 g/mol. The molecule has 6 heteroatoms. The zero-order valence-electron chi connectivity index (χ0n) is 11.4. The first-order valence-electron chi connectivity index (χ1n) is 6.03. The van der Waals surface area contributed by atoms with E-state index in [0.29, 0.717) is 5.75 Å². The average Bonchev–Trinajstić information content (AvgIpc) is 2.49. The Balaban J connectivity index is 2.56. The highest BCUT2D eigenvalue weighted by Gasteiger charge is 2.23. The minimum atomic E-state index is -1.42. The second kappa shape index (κ2) is 6.28. The van der Waals surface area contributed by atoms with Crippen molar-refractivity contribution in [3.05, 3.63) is 58.1 Å². The molecule has 0 spiro atoms. The highest BCUT2D eigenvalue weighted by molar-refractivity contribution is 6.33. The molecule has 0 heterocycles. The van der Waals surface area contributed by atoms with Crippen LogP contribution in [0.3, 0.4) is 0 Å². The summed E-state index contributed by atoms with van der Waals surface area (Å²) >= 11 is 6.09. The van der Waals surface area contributed by atoms with E-state index in [2.05, 4.69) is 0 Å². The van der Waals surface area contributed by atoms with Gasteiger partial charge < -0.3 is 14.6 Å².